The molecular weight excluding hydrogens is 460 g/mol. The van der Waals surface area contributed by atoms with Crippen LogP contribution in [0.4, 0.5) is 8.78 Å². The number of halogens is 2. The van der Waals surface area contributed by atoms with Crippen LogP contribution in [-0.4, -0.2) is 37.9 Å². The predicted octanol–water partition coefficient (Wildman–Crippen LogP) is 4.54. The van der Waals surface area contributed by atoms with Crippen LogP contribution in [0.5, 0.6) is 0 Å². The molecule has 5 heterocycles. The Balaban J connectivity index is 1.57. The highest BCUT2D eigenvalue weighted by Gasteiger charge is 2.22. The van der Waals surface area contributed by atoms with Gasteiger partial charge in [-0.15, -0.1) is 11.3 Å². The Kier molecular flexibility index (Phi) is 4.93. The average Bonchev–Trinajstić information content (AvgIpc) is 3.50. The lowest BCUT2D eigenvalue weighted by atomic mass is 10.0. The van der Waals surface area contributed by atoms with Gasteiger partial charge in [0.15, 0.2) is 22.7 Å². The standard InChI is InChI=1S/C24H17F2N5O2S/c1-12-9-28-24-22(29-12)23(32)21(30-31(24)18-3-2-15(25)7-16(18)26)20-6-14-10-27-17(8-19(14)34-20)13-4-5-33-11-13/h2-3,6-10,13H,4-5,11H2,1H3/t13-/m0/s1. The Morgan fingerprint density at radius 1 is 1.15 bits per heavy atom. The highest BCUT2D eigenvalue weighted by atomic mass is 32.1. The van der Waals surface area contributed by atoms with Crippen molar-refractivity contribution < 1.29 is 13.5 Å². The lowest BCUT2D eigenvalue weighted by molar-refractivity contribution is 0.193. The lowest BCUT2D eigenvalue weighted by Gasteiger charge is -2.11. The Bertz CT molecular complexity index is 1640. The smallest absolute Gasteiger partial charge is 0.236 e. The third kappa shape index (κ3) is 3.46. The molecule has 0 bridgehead atoms. The number of rotatable bonds is 3. The van der Waals surface area contributed by atoms with Crippen LogP contribution in [0.1, 0.15) is 23.7 Å². The van der Waals surface area contributed by atoms with E-state index in [1.807, 2.05) is 12.1 Å². The molecule has 0 N–H and O–H groups in total. The summed E-state index contributed by atoms with van der Waals surface area (Å²) in [7, 11) is 0. The van der Waals surface area contributed by atoms with E-state index in [1.165, 1.54) is 28.3 Å². The van der Waals surface area contributed by atoms with Crippen molar-refractivity contribution in [2.45, 2.75) is 19.3 Å². The van der Waals surface area contributed by atoms with Crippen molar-refractivity contribution in [1.82, 2.24) is 24.7 Å². The Morgan fingerprint density at radius 2 is 2.03 bits per heavy atom. The minimum atomic E-state index is -0.824. The summed E-state index contributed by atoms with van der Waals surface area (Å²) >= 11 is 1.40. The summed E-state index contributed by atoms with van der Waals surface area (Å²) in [4.78, 5) is 27.2. The van der Waals surface area contributed by atoms with Crippen LogP contribution in [0, 0.1) is 18.6 Å². The molecule has 0 aliphatic carbocycles. The van der Waals surface area contributed by atoms with E-state index in [2.05, 4.69) is 20.1 Å². The summed E-state index contributed by atoms with van der Waals surface area (Å²) in [5.41, 5.74) is 1.33. The molecule has 0 amide bonds. The van der Waals surface area contributed by atoms with Crippen molar-refractivity contribution in [3.05, 3.63) is 76.0 Å². The van der Waals surface area contributed by atoms with Crippen LogP contribution in [-0.2, 0) is 4.74 Å². The average molecular weight is 477 g/mol. The van der Waals surface area contributed by atoms with E-state index in [9.17, 15) is 13.6 Å². The molecule has 0 spiro atoms. The molecular formula is C24H17F2N5O2S. The van der Waals surface area contributed by atoms with Gasteiger partial charge in [0.25, 0.3) is 0 Å². The number of fused-ring (bicyclic) bond motifs is 2. The first kappa shape index (κ1) is 20.9. The van der Waals surface area contributed by atoms with Gasteiger partial charge in [0.2, 0.25) is 5.43 Å². The zero-order valence-electron chi connectivity index (χ0n) is 18.0. The van der Waals surface area contributed by atoms with Crippen LogP contribution >= 0.6 is 11.3 Å². The minimum Gasteiger partial charge on any atom is -0.381 e. The summed E-state index contributed by atoms with van der Waals surface area (Å²) in [5, 5.41) is 5.34. The van der Waals surface area contributed by atoms with Gasteiger partial charge in [-0.2, -0.15) is 5.10 Å². The molecule has 4 aromatic heterocycles. The summed E-state index contributed by atoms with van der Waals surface area (Å²) < 4.78 is 35.9. The molecule has 0 saturated carbocycles. The van der Waals surface area contributed by atoms with Crippen molar-refractivity contribution in [1.29, 1.82) is 0 Å². The van der Waals surface area contributed by atoms with E-state index in [0.717, 1.165) is 40.9 Å². The van der Waals surface area contributed by atoms with E-state index in [1.54, 1.807) is 13.1 Å². The fourth-order valence-corrected chi connectivity index (χ4v) is 5.18. The fraction of sp³-hybridized carbons (Fsp3) is 0.208. The maximum absolute atomic E-state index is 14.7. The number of thiophene rings is 1. The van der Waals surface area contributed by atoms with E-state index < -0.39 is 17.1 Å². The van der Waals surface area contributed by atoms with Gasteiger partial charge in [-0.25, -0.2) is 23.4 Å². The maximum atomic E-state index is 14.7. The summed E-state index contributed by atoms with van der Waals surface area (Å²) in [6.45, 7) is 3.09. The molecule has 1 aliphatic rings. The van der Waals surface area contributed by atoms with Gasteiger partial charge in [-0.3, -0.25) is 9.78 Å². The van der Waals surface area contributed by atoms with Crippen LogP contribution in [0.25, 0.3) is 37.5 Å². The molecule has 6 rings (SSSR count). The Morgan fingerprint density at radius 3 is 2.82 bits per heavy atom. The quantitative estimate of drug-likeness (QED) is 0.379. The van der Waals surface area contributed by atoms with Gasteiger partial charge >= 0.3 is 0 Å². The number of aryl methyl sites for hydroxylation is 1. The number of aromatic nitrogens is 5. The fourth-order valence-electron chi connectivity index (χ4n) is 4.12. The van der Waals surface area contributed by atoms with E-state index in [4.69, 9.17) is 4.74 Å². The van der Waals surface area contributed by atoms with Gasteiger partial charge < -0.3 is 4.74 Å². The molecule has 0 radical (unpaired) electrons. The van der Waals surface area contributed by atoms with Crippen LogP contribution in [0.2, 0.25) is 0 Å². The normalized spacial score (nSPS) is 16.0. The summed E-state index contributed by atoms with van der Waals surface area (Å²) in [6, 6.07) is 7.02. The second-order valence-corrected chi connectivity index (χ2v) is 9.27. The number of pyridine rings is 1. The number of hydrogen-bond donors (Lipinski definition) is 0. The summed E-state index contributed by atoms with van der Waals surface area (Å²) in [5.74, 6) is -1.28. The molecule has 1 saturated heterocycles. The number of nitrogens with zero attached hydrogens (tertiary/aromatic N) is 5. The van der Waals surface area contributed by atoms with Gasteiger partial charge in [-0.05, 0) is 37.6 Å². The maximum Gasteiger partial charge on any atom is 0.236 e. The predicted molar refractivity (Wildman–Crippen MR) is 124 cm³/mol. The van der Waals surface area contributed by atoms with Gasteiger partial charge in [0.05, 0.1) is 23.4 Å². The van der Waals surface area contributed by atoms with E-state index in [0.29, 0.717) is 17.2 Å². The third-order valence-corrected chi connectivity index (χ3v) is 6.95. The van der Waals surface area contributed by atoms with Crippen molar-refractivity contribution in [2.24, 2.45) is 0 Å². The monoisotopic (exact) mass is 477 g/mol. The van der Waals surface area contributed by atoms with E-state index >= 15 is 0 Å². The second kappa shape index (κ2) is 8.00. The molecule has 5 aromatic rings. The molecule has 1 aliphatic heterocycles. The third-order valence-electron chi connectivity index (χ3n) is 5.85. The van der Waals surface area contributed by atoms with Crippen molar-refractivity contribution in [3.8, 4) is 16.3 Å². The lowest BCUT2D eigenvalue weighted by Crippen LogP contribution is -2.18. The molecule has 1 aromatic carbocycles. The van der Waals surface area contributed by atoms with Gasteiger partial charge in [0.1, 0.15) is 11.5 Å². The van der Waals surface area contributed by atoms with Crippen LogP contribution in [0.3, 0.4) is 0 Å². The van der Waals surface area contributed by atoms with Crippen molar-refractivity contribution in [3.63, 3.8) is 0 Å². The number of ether oxygens (including phenoxy) is 1. The molecule has 10 heteroatoms. The topological polar surface area (TPSA) is 82.8 Å². The Hall–Kier alpha value is -3.63. The largest absolute Gasteiger partial charge is 0.381 e. The van der Waals surface area contributed by atoms with Gasteiger partial charge in [-0.1, -0.05) is 0 Å². The molecule has 0 unspecified atom stereocenters. The van der Waals surface area contributed by atoms with E-state index in [-0.39, 0.29) is 28.5 Å². The molecule has 1 atom stereocenters. The molecule has 34 heavy (non-hydrogen) atoms. The zero-order chi connectivity index (χ0) is 23.4. The summed E-state index contributed by atoms with van der Waals surface area (Å²) in [6.07, 6.45) is 4.18. The number of hydrogen-bond acceptors (Lipinski definition) is 7. The first-order chi connectivity index (χ1) is 16.5. The molecule has 1 fully saturated rings. The zero-order valence-corrected chi connectivity index (χ0v) is 18.8. The highest BCUT2D eigenvalue weighted by molar-refractivity contribution is 7.22. The molecule has 170 valence electrons. The first-order valence-corrected chi connectivity index (χ1v) is 11.5. The SMILES string of the molecule is Cc1cnc2c(n1)c(=O)c(-c1cc3cnc([C@H]4CCOC4)cc3s1)nn2-c1ccc(F)cc1F. The molecule has 7 nitrogen and oxygen atoms in total. The van der Waals surface area contributed by atoms with Crippen LogP contribution < -0.4 is 5.43 Å². The highest BCUT2D eigenvalue weighted by Crippen LogP contribution is 2.34. The second-order valence-electron chi connectivity index (χ2n) is 8.19. The number of benzene rings is 1. The first-order valence-electron chi connectivity index (χ1n) is 10.7. The van der Waals surface area contributed by atoms with Gasteiger partial charge in [0, 0.05) is 40.6 Å². The van der Waals surface area contributed by atoms with Crippen LogP contribution in [0.15, 0.2) is 47.5 Å². The van der Waals surface area contributed by atoms with Crippen molar-refractivity contribution in [2.75, 3.05) is 13.2 Å². The van der Waals surface area contributed by atoms with Crippen molar-refractivity contribution >= 4 is 32.6 Å². The minimum absolute atomic E-state index is 0.0305. The Labute approximate surface area is 195 Å².